The summed E-state index contributed by atoms with van der Waals surface area (Å²) in [4.78, 5) is 25.3. The Bertz CT molecular complexity index is 1640. The lowest BCUT2D eigenvalue weighted by Crippen LogP contribution is -2.43. The molecular weight excluding hydrogens is 498 g/mol. The average Bonchev–Trinajstić information content (AvgIpc) is 3.26. The van der Waals surface area contributed by atoms with E-state index in [-0.39, 0.29) is 5.91 Å². The number of anilines is 2. The Morgan fingerprint density at radius 1 is 1.05 bits per heavy atom. The summed E-state index contributed by atoms with van der Waals surface area (Å²) in [6, 6.07) is 5.29. The maximum Gasteiger partial charge on any atom is 0.259 e. The summed E-state index contributed by atoms with van der Waals surface area (Å²) >= 11 is 1.37. The number of carbonyl (C=O) groups excluding carboxylic acids is 1. The highest BCUT2D eigenvalue weighted by atomic mass is 32.1. The van der Waals surface area contributed by atoms with Gasteiger partial charge in [0.05, 0.1) is 23.7 Å². The highest BCUT2D eigenvalue weighted by Crippen LogP contribution is 2.32. The van der Waals surface area contributed by atoms with Crippen LogP contribution in [0.1, 0.15) is 41.7 Å². The summed E-state index contributed by atoms with van der Waals surface area (Å²) in [5, 5.41) is 14.4. The molecule has 0 unspecified atom stereocenters. The van der Waals surface area contributed by atoms with Crippen molar-refractivity contribution in [3.8, 4) is 11.3 Å². The van der Waals surface area contributed by atoms with Crippen LogP contribution < -0.4 is 15.5 Å². The van der Waals surface area contributed by atoms with Gasteiger partial charge in [0, 0.05) is 66.6 Å². The number of amides is 1. The second kappa shape index (κ2) is 9.17. The monoisotopic (exact) mass is 527 g/mol. The number of piperidine rings is 1. The molecular formula is C27H29N9OS. The van der Waals surface area contributed by atoms with Crippen LogP contribution in [0.3, 0.4) is 0 Å². The topological polar surface area (TPSA) is 105 Å². The molecule has 0 bridgehead atoms. The SMILES string of the molecule is Cc1cn2cc(NC(=O)c3ccc(N4CCC(NC5CC5)CC4)c4cn(C)nc34)nc2c(-c2cnsc2)n1. The Labute approximate surface area is 223 Å². The lowest BCUT2D eigenvalue weighted by molar-refractivity contribution is 0.102. The van der Waals surface area contributed by atoms with Gasteiger partial charge in [0.25, 0.3) is 5.91 Å². The molecule has 2 fully saturated rings. The van der Waals surface area contributed by atoms with Crippen molar-refractivity contribution in [1.29, 1.82) is 0 Å². The third kappa shape index (κ3) is 4.31. The van der Waals surface area contributed by atoms with Crippen LogP contribution in [0.15, 0.2) is 42.3 Å². The highest BCUT2D eigenvalue weighted by Gasteiger charge is 2.28. The molecule has 2 aliphatic rings. The minimum absolute atomic E-state index is 0.237. The van der Waals surface area contributed by atoms with Crippen LogP contribution in [-0.4, -0.2) is 59.6 Å². The maximum absolute atomic E-state index is 13.5. The van der Waals surface area contributed by atoms with Crippen molar-refractivity contribution in [1.82, 2.24) is 33.8 Å². The number of hydrogen-bond acceptors (Lipinski definition) is 8. The minimum atomic E-state index is -0.237. The van der Waals surface area contributed by atoms with E-state index in [1.165, 1.54) is 24.4 Å². The van der Waals surface area contributed by atoms with Crippen LogP contribution >= 0.6 is 11.5 Å². The number of nitrogens with one attached hydrogen (secondary N) is 2. The van der Waals surface area contributed by atoms with Gasteiger partial charge in [0.1, 0.15) is 11.2 Å². The molecule has 4 aromatic heterocycles. The van der Waals surface area contributed by atoms with Crippen molar-refractivity contribution in [2.24, 2.45) is 7.05 Å². The third-order valence-electron chi connectivity index (χ3n) is 7.40. The van der Waals surface area contributed by atoms with E-state index in [0.29, 0.717) is 28.6 Å². The molecule has 5 aromatic rings. The van der Waals surface area contributed by atoms with Gasteiger partial charge in [-0.2, -0.15) is 5.10 Å². The van der Waals surface area contributed by atoms with Gasteiger partial charge in [-0.05, 0) is 56.3 Å². The zero-order valence-electron chi connectivity index (χ0n) is 21.4. The number of benzene rings is 1. The summed E-state index contributed by atoms with van der Waals surface area (Å²) < 4.78 is 7.88. The fourth-order valence-corrected chi connectivity index (χ4v) is 5.94. The number of hydrogen-bond donors (Lipinski definition) is 2. The fraction of sp³-hybridized carbons (Fsp3) is 0.370. The zero-order valence-corrected chi connectivity index (χ0v) is 22.2. The van der Waals surface area contributed by atoms with E-state index < -0.39 is 0 Å². The molecule has 194 valence electrons. The standard InChI is InChI=1S/C27H29N9OS/c1-16-12-36-14-23(31-26(36)24(29-16)17-11-28-38-15-17)32-27(37)20-5-6-22(21-13-34(2)33-25(20)21)35-9-7-19(8-10-35)30-18-3-4-18/h5-6,11-15,18-19,30H,3-4,7-10H2,1-2H3,(H,32,37). The number of rotatable bonds is 6. The number of aryl methyl sites for hydroxylation is 2. The van der Waals surface area contributed by atoms with E-state index in [4.69, 9.17) is 0 Å². The van der Waals surface area contributed by atoms with Crippen LogP contribution in [0.4, 0.5) is 11.5 Å². The van der Waals surface area contributed by atoms with Crippen molar-refractivity contribution >= 4 is 45.5 Å². The molecule has 1 amide bonds. The van der Waals surface area contributed by atoms with Crippen LogP contribution in [0.5, 0.6) is 0 Å². The molecule has 1 aliphatic heterocycles. The predicted molar refractivity (Wildman–Crippen MR) is 149 cm³/mol. The largest absolute Gasteiger partial charge is 0.371 e. The van der Waals surface area contributed by atoms with Gasteiger partial charge in [0.15, 0.2) is 11.5 Å². The summed E-state index contributed by atoms with van der Waals surface area (Å²) in [5.74, 6) is 0.227. The lowest BCUT2D eigenvalue weighted by atomic mass is 10.0. The Morgan fingerprint density at radius 3 is 2.63 bits per heavy atom. The van der Waals surface area contributed by atoms with Gasteiger partial charge in [-0.25, -0.2) is 14.3 Å². The molecule has 10 nitrogen and oxygen atoms in total. The fourth-order valence-electron chi connectivity index (χ4n) is 5.42. The van der Waals surface area contributed by atoms with Crippen molar-refractivity contribution < 1.29 is 4.79 Å². The maximum atomic E-state index is 13.5. The van der Waals surface area contributed by atoms with Gasteiger partial charge in [-0.15, -0.1) is 0 Å². The van der Waals surface area contributed by atoms with E-state index in [2.05, 4.69) is 41.0 Å². The molecule has 1 saturated heterocycles. The van der Waals surface area contributed by atoms with Crippen LogP contribution in [0.25, 0.3) is 27.8 Å². The molecule has 1 aliphatic carbocycles. The molecule has 0 spiro atoms. The molecule has 0 atom stereocenters. The molecule has 0 radical (unpaired) electrons. The number of nitrogens with zero attached hydrogens (tertiary/aromatic N) is 7. The zero-order chi connectivity index (χ0) is 25.8. The first-order valence-corrected chi connectivity index (χ1v) is 13.9. The Balaban J connectivity index is 1.16. The summed E-state index contributed by atoms with van der Waals surface area (Å²) in [6.45, 7) is 3.93. The van der Waals surface area contributed by atoms with Crippen molar-refractivity contribution in [2.45, 2.75) is 44.7 Å². The van der Waals surface area contributed by atoms with Gasteiger partial charge in [-0.3, -0.25) is 9.48 Å². The van der Waals surface area contributed by atoms with E-state index in [0.717, 1.165) is 60.0 Å². The number of fused-ring (bicyclic) bond motifs is 2. The smallest absolute Gasteiger partial charge is 0.259 e. The lowest BCUT2D eigenvalue weighted by Gasteiger charge is -2.34. The molecule has 5 heterocycles. The first kappa shape index (κ1) is 23.3. The highest BCUT2D eigenvalue weighted by molar-refractivity contribution is 7.03. The number of aromatic nitrogens is 6. The number of imidazole rings is 1. The minimum Gasteiger partial charge on any atom is -0.371 e. The molecule has 11 heteroatoms. The van der Waals surface area contributed by atoms with Gasteiger partial charge in [0.2, 0.25) is 0 Å². The second-order valence-corrected chi connectivity index (χ2v) is 11.0. The molecule has 38 heavy (non-hydrogen) atoms. The molecule has 1 aromatic carbocycles. The van der Waals surface area contributed by atoms with Crippen LogP contribution in [0.2, 0.25) is 0 Å². The molecule has 7 rings (SSSR count). The normalized spacial score (nSPS) is 16.5. The Kier molecular flexibility index (Phi) is 5.62. The van der Waals surface area contributed by atoms with Crippen LogP contribution in [0, 0.1) is 6.92 Å². The first-order valence-electron chi connectivity index (χ1n) is 13.1. The second-order valence-electron chi connectivity index (χ2n) is 10.4. The van der Waals surface area contributed by atoms with Crippen LogP contribution in [-0.2, 0) is 7.05 Å². The van der Waals surface area contributed by atoms with E-state index in [1.807, 2.05) is 48.4 Å². The predicted octanol–water partition coefficient (Wildman–Crippen LogP) is 4.02. The van der Waals surface area contributed by atoms with E-state index in [9.17, 15) is 4.79 Å². The third-order valence-corrected chi connectivity index (χ3v) is 7.99. The summed E-state index contributed by atoms with van der Waals surface area (Å²) in [5.41, 5.74) is 5.54. The van der Waals surface area contributed by atoms with Crippen molar-refractivity contribution in [2.75, 3.05) is 23.3 Å². The Hall–Kier alpha value is -3.83. The summed E-state index contributed by atoms with van der Waals surface area (Å²) in [6.07, 6.45) is 12.4. The number of carbonyl (C=O) groups is 1. The average molecular weight is 528 g/mol. The first-order chi connectivity index (χ1) is 18.5. The van der Waals surface area contributed by atoms with Gasteiger partial charge < -0.3 is 19.9 Å². The Morgan fingerprint density at radius 2 is 1.87 bits per heavy atom. The van der Waals surface area contributed by atoms with Gasteiger partial charge >= 0.3 is 0 Å². The van der Waals surface area contributed by atoms with Gasteiger partial charge in [-0.1, -0.05) is 0 Å². The van der Waals surface area contributed by atoms with E-state index >= 15 is 0 Å². The quantitative estimate of drug-likeness (QED) is 0.344. The molecule has 1 saturated carbocycles. The summed E-state index contributed by atoms with van der Waals surface area (Å²) in [7, 11) is 1.90. The van der Waals surface area contributed by atoms with Crippen molar-refractivity contribution in [3.05, 3.63) is 53.6 Å². The van der Waals surface area contributed by atoms with E-state index in [1.54, 1.807) is 10.9 Å². The van der Waals surface area contributed by atoms with Crippen molar-refractivity contribution in [3.63, 3.8) is 0 Å². The molecule has 2 N–H and O–H groups in total.